The minimum atomic E-state index is -5.08. The fraction of sp³-hybridized carbons (Fsp3) is 0.105. The molecule has 4 aromatic heterocycles. The number of carboxylic acids is 1. The van der Waals surface area contributed by atoms with E-state index in [2.05, 4.69) is 19.9 Å². The lowest BCUT2D eigenvalue weighted by atomic mass is 10.0. The standard InChI is InChI=1S/C17H13ClN4O.C2HF3O2/c1-23-16-12(18)9-21-17-14(16)13(10-3-2-5-19-7-10)15(22-17)11-4-6-20-8-11;3-2(4,5)1(6)7/h2-9,20H,1H3,(H,21,22);(H,6,7). The Morgan fingerprint density at radius 3 is 2.50 bits per heavy atom. The third-order valence-electron chi connectivity index (χ3n) is 4.01. The molecule has 0 fully saturated rings. The zero-order chi connectivity index (χ0) is 21.9. The highest BCUT2D eigenvalue weighted by Crippen LogP contribution is 2.43. The smallest absolute Gasteiger partial charge is 0.490 e. The molecule has 0 spiro atoms. The number of halogens is 4. The van der Waals surface area contributed by atoms with Crippen LogP contribution < -0.4 is 4.74 Å². The molecule has 0 aromatic carbocycles. The number of carboxylic acid groups (broad SMARTS) is 1. The summed E-state index contributed by atoms with van der Waals surface area (Å²) in [6.45, 7) is 0. The molecule has 156 valence electrons. The normalized spacial score (nSPS) is 11.1. The first-order valence-electron chi connectivity index (χ1n) is 8.31. The number of carbonyl (C=O) groups is 1. The summed E-state index contributed by atoms with van der Waals surface area (Å²) in [7, 11) is 1.61. The van der Waals surface area contributed by atoms with Crippen LogP contribution in [0.5, 0.6) is 5.75 Å². The molecular formula is C19H14ClF3N4O3. The molecule has 7 nitrogen and oxygen atoms in total. The summed E-state index contributed by atoms with van der Waals surface area (Å²) in [6.07, 6.45) is 3.88. The van der Waals surface area contributed by atoms with Crippen LogP contribution in [-0.2, 0) is 4.79 Å². The highest BCUT2D eigenvalue weighted by Gasteiger charge is 2.38. The van der Waals surface area contributed by atoms with E-state index in [1.165, 1.54) is 0 Å². The summed E-state index contributed by atoms with van der Waals surface area (Å²) in [5, 5.41) is 8.45. The van der Waals surface area contributed by atoms with Crippen molar-refractivity contribution < 1.29 is 27.8 Å². The van der Waals surface area contributed by atoms with Gasteiger partial charge in [-0.1, -0.05) is 17.7 Å². The van der Waals surface area contributed by atoms with Crippen LogP contribution in [-0.4, -0.2) is 44.3 Å². The summed E-state index contributed by atoms with van der Waals surface area (Å²) in [4.78, 5) is 24.0. The number of nitrogens with zero attached hydrogens (tertiary/aromatic N) is 2. The molecule has 0 aliphatic rings. The summed E-state index contributed by atoms with van der Waals surface area (Å²) >= 11 is 6.27. The van der Waals surface area contributed by atoms with E-state index in [4.69, 9.17) is 26.2 Å². The zero-order valence-corrected chi connectivity index (χ0v) is 16.0. The molecule has 0 aliphatic heterocycles. The third-order valence-corrected chi connectivity index (χ3v) is 4.28. The number of aromatic nitrogens is 4. The lowest BCUT2D eigenvalue weighted by molar-refractivity contribution is -0.192. The van der Waals surface area contributed by atoms with Crippen LogP contribution in [0.1, 0.15) is 0 Å². The Morgan fingerprint density at radius 2 is 1.97 bits per heavy atom. The predicted octanol–water partition coefficient (Wildman–Crippen LogP) is 4.92. The fourth-order valence-corrected chi connectivity index (χ4v) is 3.02. The minimum absolute atomic E-state index is 0.477. The summed E-state index contributed by atoms with van der Waals surface area (Å²) in [6, 6.07) is 5.91. The van der Waals surface area contributed by atoms with E-state index in [9.17, 15) is 13.2 Å². The molecule has 0 atom stereocenters. The van der Waals surface area contributed by atoms with E-state index < -0.39 is 12.1 Å². The Kier molecular flexibility index (Phi) is 5.97. The zero-order valence-electron chi connectivity index (χ0n) is 15.3. The van der Waals surface area contributed by atoms with Crippen molar-refractivity contribution in [2.24, 2.45) is 0 Å². The maximum Gasteiger partial charge on any atom is 0.490 e. The van der Waals surface area contributed by atoms with Gasteiger partial charge in [-0.05, 0) is 12.1 Å². The number of pyridine rings is 2. The molecule has 0 unspecified atom stereocenters. The van der Waals surface area contributed by atoms with Gasteiger partial charge < -0.3 is 19.8 Å². The highest BCUT2D eigenvalue weighted by atomic mass is 35.5. The van der Waals surface area contributed by atoms with Crippen molar-refractivity contribution in [1.82, 2.24) is 19.9 Å². The summed E-state index contributed by atoms with van der Waals surface area (Å²) in [5.74, 6) is -2.15. The van der Waals surface area contributed by atoms with Gasteiger partial charge in [0.15, 0.2) is 5.75 Å². The number of H-pyrrole nitrogens is 2. The van der Waals surface area contributed by atoms with Crippen LogP contribution in [0.2, 0.25) is 5.02 Å². The SMILES string of the molecule is COc1c(Cl)cnc2[nH]c(-c3cc[nH]c3)c(-c3cccnc3)c12.O=C(O)C(F)(F)F. The number of nitrogens with one attached hydrogen (secondary N) is 2. The second-order valence-electron chi connectivity index (χ2n) is 5.88. The molecule has 0 aliphatic carbocycles. The summed E-state index contributed by atoms with van der Waals surface area (Å²) < 4.78 is 37.3. The second-order valence-corrected chi connectivity index (χ2v) is 6.29. The molecule has 0 saturated heterocycles. The number of hydrogen-bond acceptors (Lipinski definition) is 4. The molecule has 30 heavy (non-hydrogen) atoms. The van der Waals surface area contributed by atoms with E-state index in [1.54, 1.807) is 19.5 Å². The van der Waals surface area contributed by atoms with Crippen molar-refractivity contribution in [3.05, 3.63) is 54.2 Å². The fourth-order valence-electron chi connectivity index (χ4n) is 2.80. The lowest BCUT2D eigenvalue weighted by Gasteiger charge is -2.07. The van der Waals surface area contributed by atoms with Gasteiger partial charge in [0, 0.05) is 41.5 Å². The number of hydrogen-bond donors (Lipinski definition) is 3. The number of ether oxygens (including phenoxy) is 1. The van der Waals surface area contributed by atoms with Crippen molar-refractivity contribution in [2.45, 2.75) is 6.18 Å². The van der Waals surface area contributed by atoms with Gasteiger partial charge in [0.25, 0.3) is 0 Å². The molecule has 0 bridgehead atoms. The van der Waals surface area contributed by atoms with Gasteiger partial charge in [0.05, 0.1) is 24.4 Å². The van der Waals surface area contributed by atoms with Crippen LogP contribution in [0.3, 0.4) is 0 Å². The van der Waals surface area contributed by atoms with E-state index in [0.29, 0.717) is 10.8 Å². The third kappa shape index (κ3) is 4.23. The van der Waals surface area contributed by atoms with Crippen LogP contribution >= 0.6 is 11.6 Å². The molecule has 0 radical (unpaired) electrons. The average Bonchev–Trinajstić information content (AvgIpc) is 3.36. The molecule has 0 saturated carbocycles. The van der Waals surface area contributed by atoms with Gasteiger partial charge in [-0.2, -0.15) is 13.2 Å². The maximum atomic E-state index is 10.6. The number of aliphatic carboxylic acids is 1. The Hall–Kier alpha value is -3.53. The van der Waals surface area contributed by atoms with Gasteiger partial charge in [0.2, 0.25) is 0 Å². The van der Waals surface area contributed by atoms with Crippen LogP contribution in [0.25, 0.3) is 33.4 Å². The van der Waals surface area contributed by atoms with Crippen molar-refractivity contribution in [3.8, 4) is 28.1 Å². The Bertz CT molecular complexity index is 1160. The Morgan fingerprint density at radius 1 is 1.23 bits per heavy atom. The second kappa shape index (κ2) is 8.46. The predicted molar refractivity (Wildman–Crippen MR) is 104 cm³/mol. The Labute approximate surface area is 172 Å². The number of aromatic amines is 2. The van der Waals surface area contributed by atoms with E-state index in [-0.39, 0.29) is 0 Å². The number of alkyl halides is 3. The molecule has 4 rings (SSSR count). The van der Waals surface area contributed by atoms with Crippen molar-refractivity contribution in [2.75, 3.05) is 7.11 Å². The van der Waals surface area contributed by atoms with E-state index in [1.807, 2.05) is 36.8 Å². The molecule has 3 N–H and O–H groups in total. The first-order chi connectivity index (χ1) is 14.2. The van der Waals surface area contributed by atoms with E-state index in [0.717, 1.165) is 33.4 Å². The molecule has 4 heterocycles. The van der Waals surface area contributed by atoms with Crippen molar-refractivity contribution in [1.29, 1.82) is 0 Å². The quantitative estimate of drug-likeness (QED) is 0.421. The van der Waals surface area contributed by atoms with E-state index >= 15 is 0 Å². The average molecular weight is 439 g/mol. The monoisotopic (exact) mass is 438 g/mol. The van der Waals surface area contributed by atoms with Gasteiger partial charge in [0.1, 0.15) is 10.7 Å². The van der Waals surface area contributed by atoms with Gasteiger partial charge >= 0.3 is 12.1 Å². The number of methoxy groups -OCH3 is 1. The van der Waals surface area contributed by atoms with Crippen LogP contribution in [0, 0.1) is 0 Å². The first kappa shape index (κ1) is 21.2. The number of rotatable bonds is 3. The molecular weight excluding hydrogens is 425 g/mol. The largest absolute Gasteiger partial charge is 0.494 e. The molecule has 11 heteroatoms. The van der Waals surface area contributed by atoms with Crippen LogP contribution in [0.4, 0.5) is 13.2 Å². The lowest BCUT2D eigenvalue weighted by Crippen LogP contribution is -2.21. The van der Waals surface area contributed by atoms with Gasteiger partial charge in [-0.3, -0.25) is 4.98 Å². The summed E-state index contributed by atoms with van der Waals surface area (Å²) in [5.41, 5.74) is 4.64. The highest BCUT2D eigenvalue weighted by molar-refractivity contribution is 6.33. The topological polar surface area (TPSA) is 104 Å². The molecule has 4 aromatic rings. The van der Waals surface area contributed by atoms with Crippen LogP contribution in [0.15, 0.2) is 49.2 Å². The van der Waals surface area contributed by atoms with Gasteiger partial charge in [-0.25, -0.2) is 9.78 Å². The number of fused-ring (bicyclic) bond motifs is 1. The van der Waals surface area contributed by atoms with Crippen molar-refractivity contribution >= 4 is 28.6 Å². The van der Waals surface area contributed by atoms with Gasteiger partial charge in [-0.15, -0.1) is 0 Å². The maximum absolute atomic E-state index is 10.6. The molecule has 0 amide bonds. The minimum Gasteiger partial charge on any atom is -0.494 e. The Balaban J connectivity index is 0.000000318. The van der Waals surface area contributed by atoms with Crippen molar-refractivity contribution in [3.63, 3.8) is 0 Å². The first-order valence-corrected chi connectivity index (χ1v) is 8.69.